The Bertz CT molecular complexity index is 863. The summed E-state index contributed by atoms with van der Waals surface area (Å²) in [7, 11) is 0. The Kier molecular flexibility index (Phi) is 6.19. The van der Waals surface area contributed by atoms with Gasteiger partial charge in [-0.05, 0) is 47.7 Å². The number of nitrogens with zero attached hydrogens (tertiary/aromatic N) is 1. The number of rotatable bonds is 7. The van der Waals surface area contributed by atoms with Crippen LogP contribution in [0.4, 0.5) is 10.5 Å². The van der Waals surface area contributed by atoms with Gasteiger partial charge in [0, 0.05) is 12.2 Å². The van der Waals surface area contributed by atoms with Crippen molar-refractivity contribution in [3.05, 3.63) is 59.2 Å². The van der Waals surface area contributed by atoms with Gasteiger partial charge in [0.1, 0.15) is 12.4 Å². The molecule has 1 aliphatic rings. The van der Waals surface area contributed by atoms with E-state index in [1.165, 1.54) is 0 Å². The van der Waals surface area contributed by atoms with E-state index in [-0.39, 0.29) is 18.6 Å². The zero-order valence-electron chi connectivity index (χ0n) is 16.5. The van der Waals surface area contributed by atoms with E-state index in [0.717, 1.165) is 28.1 Å². The summed E-state index contributed by atoms with van der Waals surface area (Å²) >= 11 is 0. The highest BCUT2D eigenvalue weighted by molar-refractivity contribution is 5.89. The molecule has 1 fully saturated rings. The highest BCUT2D eigenvalue weighted by Crippen LogP contribution is 2.27. The van der Waals surface area contributed by atoms with Gasteiger partial charge in [-0.3, -0.25) is 9.69 Å². The molecular weight excluding hydrogens is 356 g/mol. The molecule has 148 valence electrons. The van der Waals surface area contributed by atoms with Crippen LogP contribution in [0.3, 0.4) is 0 Å². The number of anilines is 1. The molecule has 0 saturated carbocycles. The maximum Gasteiger partial charge on any atom is 0.414 e. The number of aryl methyl sites for hydroxylation is 1. The van der Waals surface area contributed by atoms with Gasteiger partial charge in [-0.1, -0.05) is 38.1 Å². The SMILES string of the molecule is Cc1ccc(C(C)C)c(OCC(=O)NCc2cccc(N3CCOC3=O)c2)c1. The molecule has 3 rings (SSSR count). The van der Waals surface area contributed by atoms with Crippen molar-refractivity contribution in [2.24, 2.45) is 0 Å². The minimum absolute atomic E-state index is 0.0404. The fraction of sp³-hybridized carbons (Fsp3) is 0.364. The molecule has 6 heteroatoms. The van der Waals surface area contributed by atoms with E-state index in [1.807, 2.05) is 49.4 Å². The Morgan fingerprint density at radius 3 is 2.79 bits per heavy atom. The fourth-order valence-electron chi connectivity index (χ4n) is 3.10. The lowest BCUT2D eigenvalue weighted by molar-refractivity contribution is -0.123. The van der Waals surface area contributed by atoms with E-state index in [4.69, 9.17) is 9.47 Å². The van der Waals surface area contributed by atoms with Crippen molar-refractivity contribution in [1.82, 2.24) is 5.32 Å². The third kappa shape index (κ3) is 4.82. The minimum atomic E-state index is -0.339. The molecule has 6 nitrogen and oxygen atoms in total. The van der Waals surface area contributed by atoms with Gasteiger partial charge in [0.05, 0.1) is 6.54 Å². The van der Waals surface area contributed by atoms with Crippen LogP contribution in [-0.4, -0.2) is 31.8 Å². The molecule has 0 aliphatic carbocycles. The smallest absolute Gasteiger partial charge is 0.414 e. The molecule has 2 aromatic carbocycles. The Morgan fingerprint density at radius 2 is 2.07 bits per heavy atom. The molecule has 2 amide bonds. The summed E-state index contributed by atoms with van der Waals surface area (Å²) in [5.41, 5.74) is 3.86. The van der Waals surface area contributed by atoms with Gasteiger partial charge >= 0.3 is 6.09 Å². The summed E-state index contributed by atoms with van der Waals surface area (Å²) in [5.74, 6) is 0.876. The molecule has 0 spiro atoms. The molecule has 2 aromatic rings. The van der Waals surface area contributed by atoms with Crippen LogP contribution in [0.1, 0.15) is 36.5 Å². The number of hydrogen-bond acceptors (Lipinski definition) is 4. The summed E-state index contributed by atoms with van der Waals surface area (Å²) in [4.78, 5) is 25.5. The van der Waals surface area contributed by atoms with Gasteiger partial charge in [-0.15, -0.1) is 0 Å². The molecule has 0 atom stereocenters. The van der Waals surface area contributed by atoms with E-state index >= 15 is 0 Å². The van der Waals surface area contributed by atoms with E-state index in [0.29, 0.717) is 25.6 Å². The van der Waals surface area contributed by atoms with Crippen molar-refractivity contribution in [3.63, 3.8) is 0 Å². The molecule has 1 aliphatic heterocycles. The van der Waals surface area contributed by atoms with E-state index in [1.54, 1.807) is 4.90 Å². The van der Waals surface area contributed by atoms with Crippen molar-refractivity contribution < 1.29 is 19.1 Å². The van der Waals surface area contributed by atoms with Gasteiger partial charge in [-0.25, -0.2) is 4.79 Å². The average Bonchev–Trinajstić information content (AvgIpc) is 3.10. The highest BCUT2D eigenvalue weighted by atomic mass is 16.6. The number of amides is 2. The quantitative estimate of drug-likeness (QED) is 0.792. The Hall–Kier alpha value is -3.02. The lowest BCUT2D eigenvalue weighted by Gasteiger charge is -2.15. The summed E-state index contributed by atoms with van der Waals surface area (Å²) < 4.78 is 10.7. The zero-order chi connectivity index (χ0) is 20.1. The van der Waals surface area contributed by atoms with Gasteiger partial charge in [0.2, 0.25) is 0 Å². The van der Waals surface area contributed by atoms with Crippen LogP contribution < -0.4 is 15.0 Å². The van der Waals surface area contributed by atoms with E-state index in [9.17, 15) is 9.59 Å². The summed E-state index contributed by atoms with van der Waals surface area (Å²) in [6.07, 6.45) is -0.339. The molecule has 1 heterocycles. The molecule has 0 aromatic heterocycles. The van der Waals surface area contributed by atoms with Crippen molar-refractivity contribution in [3.8, 4) is 5.75 Å². The molecule has 1 N–H and O–H groups in total. The predicted octanol–water partition coefficient (Wildman–Crippen LogP) is 3.77. The van der Waals surface area contributed by atoms with Gasteiger partial charge in [-0.2, -0.15) is 0 Å². The lowest BCUT2D eigenvalue weighted by Crippen LogP contribution is -2.29. The molecule has 0 bridgehead atoms. The Morgan fingerprint density at radius 1 is 1.25 bits per heavy atom. The molecule has 0 radical (unpaired) electrons. The summed E-state index contributed by atoms with van der Waals surface area (Å²) in [6, 6.07) is 13.6. The number of carbonyl (C=O) groups is 2. The van der Waals surface area contributed by atoms with Crippen molar-refractivity contribution in [2.45, 2.75) is 33.2 Å². The first-order valence-corrected chi connectivity index (χ1v) is 9.47. The Balaban J connectivity index is 1.55. The zero-order valence-corrected chi connectivity index (χ0v) is 16.5. The van der Waals surface area contributed by atoms with Gasteiger partial charge in [0.25, 0.3) is 5.91 Å². The standard InChI is InChI=1S/C22H26N2O4/c1-15(2)19-8-7-16(3)11-20(19)28-14-21(25)23-13-17-5-4-6-18(12-17)24-9-10-27-22(24)26/h4-8,11-12,15H,9-10,13-14H2,1-3H3,(H,23,25). The molecule has 28 heavy (non-hydrogen) atoms. The minimum Gasteiger partial charge on any atom is -0.483 e. The predicted molar refractivity (Wildman–Crippen MR) is 108 cm³/mol. The third-order valence-electron chi connectivity index (χ3n) is 4.62. The molecular formula is C22H26N2O4. The van der Waals surface area contributed by atoms with Gasteiger partial charge < -0.3 is 14.8 Å². The lowest BCUT2D eigenvalue weighted by atomic mass is 10.0. The van der Waals surface area contributed by atoms with Crippen LogP contribution in [0.2, 0.25) is 0 Å². The first-order valence-electron chi connectivity index (χ1n) is 9.47. The third-order valence-corrected chi connectivity index (χ3v) is 4.62. The van der Waals surface area contributed by atoms with Crippen molar-refractivity contribution in [2.75, 3.05) is 24.7 Å². The van der Waals surface area contributed by atoms with Crippen molar-refractivity contribution in [1.29, 1.82) is 0 Å². The van der Waals surface area contributed by atoms with Crippen LogP contribution >= 0.6 is 0 Å². The number of ether oxygens (including phenoxy) is 2. The molecule has 1 saturated heterocycles. The van der Waals surface area contributed by atoms with Crippen LogP contribution in [0.15, 0.2) is 42.5 Å². The van der Waals surface area contributed by atoms with Gasteiger partial charge in [0.15, 0.2) is 6.61 Å². The van der Waals surface area contributed by atoms with E-state index in [2.05, 4.69) is 19.2 Å². The first-order chi connectivity index (χ1) is 13.4. The summed E-state index contributed by atoms with van der Waals surface area (Å²) in [5, 5.41) is 2.86. The number of nitrogens with one attached hydrogen (secondary N) is 1. The number of carbonyl (C=O) groups excluding carboxylic acids is 2. The maximum atomic E-state index is 12.2. The van der Waals surface area contributed by atoms with Crippen LogP contribution in [0.25, 0.3) is 0 Å². The Labute approximate surface area is 165 Å². The van der Waals surface area contributed by atoms with E-state index < -0.39 is 0 Å². The summed E-state index contributed by atoms with van der Waals surface area (Å²) in [6.45, 7) is 7.46. The van der Waals surface area contributed by atoms with Crippen LogP contribution in [-0.2, 0) is 16.1 Å². The van der Waals surface area contributed by atoms with Crippen LogP contribution in [0.5, 0.6) is 5.75 Å². The second-order valence-electron chi connectivity index (χ2n) is 7.20. The fourth-order valence-corrected chi connectivity index (χ4v) is 3.10. The number of cyclic esters (lactones) is 1. The molecule has 0 unspecified atom stereocenters. The van der Waals surface area contributed by atoms with Crippen LogP contribution in [0, 0.1) is 6.92 Å². The second-order valence-corrected chi connectivity index (χ2v) is 7.20. The average molecular weight is 382 g/mol. The number of hydrogen-bond donors (Lipinski definition) is 1. The normalized spacial score (nSPS) is 13.6. The van der Waals surface area contributed by atoms with Crippen molar-refractivity contribution >= 4 is 17.7 Å². The first kappa shape index (κ1) is 19.7. The number of benzene rings is 2. The second kappa shape index (κ2) is 8.78. The largest absolute Gasteiger partial charge is 0.483 e. The maximum absolute atomic E-state index is 12.2. The highest BCUT2D eigenvalue weighted by Gasteiger charge is 2.23. The topological polar surface area (TPSA) is 67.9 Å². The monoisotopic (exact) mass is 382 g/mol.